The summed E-state index contributed by atoms with van der Waals surface area (Å²) in [4.78, 5) is 75.6. The van der Waals surface area contributed by atoms with Crippen molar-refractivity contribution in [3.63, 3.8) is 0 Å². The fourth-order valence-electron chi connectivity index (χ4n) is 4.34. The predicted molar refractivity (Wildman–Crippen MR) is 127 cm³/mol. The topological polar surface area (TPSA) is 184 Å². The van der Waals surface area contributed by atoms with Gasteiger partial charge in [-0.05, 0) is 12.1 Å². The molecule has 0 spiro atoms. The molecule has 1 amide bonds. The third kappa shape index (κ3) is 5.01. The van der Waals surface area contributed by atoms with Crippen molar-refractivity contribution in [3.05, 3.63) is 67.3 Å². The lowest BCUT2D eigenvalue weighted by Crippen LogP contribution is -2.39. The summed E-state index contributed by atoms with van der Waals surface area (Å²) < 4.78 is 14.1. The molecule has 14 nitrogen and oxygen atoms in total. The van der Waals surface area contributed by atoms with Gasteiger partial charge in [0.1, 0.15) is 24.0 Å². The van der Waals surface area contributed by atoms with Gasteiger partial charge in [-0.25, -0.2) is 14.2 Å². The Bertz CT molecular complexity index is 1550. The first-order valence-electron chi connectivity index (χ1n) is 11.4. The number of imidazole rings is 1. The second-order valence-electron chi connectivity index (χ2n) is 8.44. The number of nitrogens with one attached hydrogen (secondary N) is 2. The van der Waals surface area contributed by atoms with Gasteiger partial charge in [0.2, 0.25) is 5.91 Å². The summed E-state index contributed by atoms with van der Waals surface area (Å²) in [5.74, 6) is -1.86. The molecule has 1 aliphatic rings. The molecule has 37 heavy (non-hydrogen) atoms. The number of hydrogen-bond donors (Lipinski definition) is 3. The highest BCUT2D eigenvalue weighted by atomic mass is 16.6. The van der Waals surface area contributed by atoms with Gasteiger partial charge in [0.15, 0.2) is 0 Å². The van der Waals surface area contributed by atoms with Crippen molar-refractivity contribution in [1.82, 2.24) is 24.0 Å². The Morgan fingerprint density at radius 3 is 2.51 bits per heavy atom. The van der Waals surface area contributed by atoms with E-state index >= 15 is 0 Å². The number of carbonyl (C=O) groups is 3. The number of H-pyrrole nitrogens is 1. The van der Waals surface area contributed by atoms with Gasteiger partial charge in [0, 0.05) is 39.6 Å². The molecule has 0 saturated carbocycles. The van der Waals surface area contributed by atoms with E-state index in [2.05, 4.69) is 10.3 Å². The summed E-state index contributed by atoms with van der Waals surface area (Å²) in [6.45, 7) is 1.94. The van der Waals surface area contributed by atoms with E-state index in [1.54, 1.807) is 24.3 Å². The van der Waals surface area contributed by atoms with Gasteiger partial charge < -0.3 is 19.9 Å². The van der Waals surface area contributed by atoms with Crippen LogP contribution in [-0.4, -0.2) is 66.9 Å². The van der Waals surface area contributed by atoms with Gasteiger partial charge in [-0.1, -0.05) is 12.1 Å². The van der Waals surface area contributed by atoms with E-state index in [1.165, 1.54) is 18.4 Å². The molecule has 3 N–H and O–H groups in total. The van der Waals surface area contributed by atoms with Crippen LogP contribution in [0.1, 0.15) is 41.6 Å². The van der Waals surface area contributed by atoms with Crippen LogP contribution in [0.3, 0.4) is 0 Å². The van der Waals surface area contributed by atoms with Crippen LogP contribution in [0, 0.1) is 0 Å². The summed E-state index contributed by atoms with van der Waals surface area (Å²) in [6.07, 6.45) is -1.67. The quantitative estimate of drug-likeness (QED) is 0.331. The number of aromatic nitrogens is 4. The lowest BCUT2D eigenvalue weighted by molar-refractivity contribution is -0.150. The number of para-hydroxylation sites is 2. The number of amides is 1. The van der Waals surface area contributed by atoms with Crippen LogP contribution in [-0.2, 0) is 20.8 Å². The van der Waals surface area contributed by atoms with Crippen molar-refractivity contribution in [1.29, 1.82) is 0 Å². The number of rotatable bonds is 7. The van der Waals surface area contributed by atoms with Gasteiger partial charge in [0.25, 0.3) is 11.5 Å². The highest BCUT2D eigenvalue weighted by Gasteiger charge is 2.38. The Balaban J connectivity index is 1.52. The second-order valence-corrected chi connectivity index (χ2v) is 8.44. The summed E-state index contributed by atoms with van der Waals surface area (Å²) in [5.41, 5.74) is -1.80. The number of ether oxygens (including phenoxy) is 2. The van der Waals surface area contributed by atoms with Crippen LogP contribution in [0.5, 0.6) is 0 Å². The Hall–Kier alpha value is -4.30. The zero-order chi connectivity index (χ0) is 26.9. The van der Waals surface area contributed by atoms with Gasteiger partial charge in [-0.3, -0.25) is 33.3 Å². The number of nitrogens with zero attached hydrogens (tertiary/aromatic N) is 3. The maximum Gasteiger partial charge on any atom is 0.336 e. The van der Waals surface area contributed by atoms with Crippen LogP contribution >= 0.6 is 0 Å². The van der Waals surface area contributed by atoms with Gasteiger partial charge in [-0.2, -0.15) is 0 Å². The molecule has 1 saturated heterocycles. The van der Waals surface area contributed by atoms with E-state index in [0.717, 1.165) is 15.3 Å². The van der Waals surface area contributed by atoms with Crippen molar-refractivity contribution >= 4 is 28.8 Å². The third-order valence-electron chi connectivity index (χ3n) is 5.97. The zero-order valence-corrected chi connectivity index (χ0v) is 20.0. The molecule has 1 aromatic carbocycles. The largest absolute Gasteiger partial charge is 0.460 e. The average Bonchev–Trinajstić information content (AvgIpc) is 3.36. The fourth-order valence-corrected chi connectivity index (χ4v) is 4.34. The van der Waals surface area contributed by atoms with Crippen molar-refractivity contribution < 1.29 is 29.0 Å². The van der Waals surface area contributed by atoms with E-state index in [-0.39, 0.29) is 19.5 Å². The Labute approximate surface area is 208 Å². The second kappa shape index (κ2) is 10.4. The summed E-state index contributed by atoms with van der Waals surface area (Å²) in [6, 6.07) is 6.71. The van der Waals surface area contributed by atoms with Crippen molar-refractivity contribution in [2.75, 3.05) is 13.2 Å². The summed E-state index contributed by atoms with van der Waals surface area (Å²) >= 11 is 0. The van der Waals surface area contributed by atoms with Crippen LogP contribution in [0.4, 0.5) is 0 Å². The fraction of sp³-hybridized carbons (Fsp3) is 0.391. The van der Waals surface area contributed by atoms with Crippen LogP contribution in [0.15, 0.2) is 44.8 Å². The molecule has 1 aliphatic heterocycles. The lowest BCUT2D eigenvalue weighted by Gasteiger charge is -2.15. The Morgan fingerprint density at radius 1 is 1.16 bits per heavy atom. The molecule has 14 heteroatoms. The lowest BCUT2D eigenvalue weighted by atomic mass is 10.2. The third-order valence-corrected chi connectivity index (χ3v) is 5.97. The molecule has 0 aliphatic carbocycles. The van der Waals surface area contributed by atoms with E-state index in [9.17, 15) is 33.9 Å². The van der Waals surface area contributed by atoms with Gasteiger partial charge in [0.05, 0.1) is 17.6 Å². The number of esters is 1. The van der Waals surface area contributed by atoms with Crippen LogP contribution < -0.4 is 22.3 Å². The first-order chi connectivity index (χ1) is 17.6. The minimum atomic E-state index is -1.01. The normalized spacial score (nSPS) is 19.2. The molecular formula is C23H25N5O9. The monoisotopic (exact) mass is 515 g/mol. The predicted octanol–water partition coefficient (Wildman–Crippen LogP) is -1.05. The minimum absolute atomic E-state index is 0.0108. The van der Waals surface area contributed by atoms with E-state index in [4.69, 9.17) is 9.47 Å². The van der Waals surface area contributed by atoms with Gasteiger partial charge >= 0.3 is 17.3 Å². The maximum absolute atomic E-state index is 12.8. The number of carbonyl (C=O) groups excluding carboxylic acids is 3. The minimum Gasteiger partial charge on any atom is -0.460 e. The van der Waals surface area contributed by atoms with Crippen molar-refractivity contribution in [2.45, 2.75) is 45.2 Å². The average molecular weight is 515 g/mol. The molecule has 0 radical (unpaired) electrons. The van der Waals surface area contributed by atoms with Gasteiger partial charge in [-0.15, -0.1) is 0 Å². The molecule has 196 valence electrons. The molecule has 1 fully saturated rings. The molecule has 0 bridgehead atoms. The standard InChI is InChI=1S/C23H25N5O9/c1-12(30)28-16-6-4-3-5-15(16)26(23(28)35)8-7-24-20(32)14-10-27(22(34)25-21(14)33)19-9-17(36-13(2)31)18(11-29)37-19/h3-6,10,17-19,29H,7-9,11H2,1-2H3,(H,24,32)(H,25,33,34)/t17-,18-,19-/m1/s1. The first-order valence-corrected chi connectivity index (χ1v) is 11.4. The van der Waals surface area contributed by atoms with Crippen molar-refractivity contribution in [3.8, 4) is 0 Å². The molecule has 3 atom stereocenters. The molecular weight excluding hydrogens is 490 g/mol. The highest BCUT2D eigenvalue weighted by molar-refractivity contribution is 5.93. The molecule has 4 rings (SSSR count). The number of aromatic amines is 1. The van der Waals surface area contributed by atoms with Crippen LogP contribution in [0.25, 0.3) is 11.0 Å². The smallest absolute Gasteiger partial charge is 0.336 e. The van der Waals surface area contributed by atoms with Crippen molar-refractivity contribution in [2.24, 2.45) is 0 Å². The molecule has 3 aromatic rings. The van der Waals surface area contributed by atoms with E-state index in [1.807, 2.05) is 0 Å². The zero-order valence-electron chi connectivity index (χ0n) is 20.0. The van der Waals surface area contributed by atoms with Crippen LogP contribution in [0.2, 0.25) is 0 Å². The highest BCUT2D eigenvalue weighted by Crippen LogP contribution is 2.29. The molecule has 3 heterocycles. The first kappa shape index (κ1) is 25.8. The Morgan fingerprint density at radius 2 is 1.86 bits per heavy atom. The number of aliphatic hydroxyl groups excluding tert-OH is 1. The summed E-state index contributed by atoms with van der Waals surface area (Å²) in [7, 11) is 0. The van der Waals surface area contributed by atoms with E-state index < -0.39 is 65.3 Å². The maximum atomic E-state index is 12.8. The summed E-state index contributed by atoms with van der Waals surface area (Å²) in [5, 5.41) is 12.0. The number of hydrogen-bond acceptors (Lipinski definition) is 9. The molecule has 0 unspecified atom stereocenters. The number of aliphatic hydroxyl groups is 1. The molecule has 2 aromatic heterocycles. The number of fused-ring (bicyclic) bond motifs is 1. The number of benzene rings is 1. The Kier molecular flexibility index (Phi) is 7.22. The SMILES string of the molecule is CC(=O)O[C@@H]1C[C@H](n2cc(C(=O)NCCn3c(=O)n(C(C)=O)c4ccccc43)c(=O)[nH]c2=O)O[C@@H]1CO. The van der Waals surface area contributed by atoms with E-state index in [0.29, 0.717) is 11.0 Å².